The SMILES string of the molecule is O=C(COc1ccc(Br)cc1Br)Cc1ccc(F)cc1. The van der Waals surface area contributed by atoms with Gasteiger partial charge in [0.25, 0.3) is 0 Å². The number of rotatable bonds is 5. The summed E-state index contributed by atoms with van der Waals surface area (Å²) in [5.41, 5.74) is 0.773. The number of benzene rings is 2. The third-order valence-electron chi connectivity index (χ3n) is 2.60. The van der Waals surface area contributed by atoms with E-state index in [9.17, 15) is 9.18 Å². The van der Waals surface area contributed by atoms with Gasteiger partial charge in [-0.2, -0.15) is 0 Å². The zero-order valence-corrected chi connectivity index (χ0v) is 13.6. The highest BCUT2D eigenvalue weighted by Crippen LogP contribution is 2.28. The molecule has 0 bridgehead atoms. The van der Waals surface area contributed by atoms with Crippen LogP contribution < -0.4 is 4.74 Å². The fraction of sp³-hybridized carbons (Fsp3) is 0.133. The van der Waals surface area contributed by atoms with E-state index < -0.39 is 0 Å². The molecule has 0 unspecified atom stereocenters. The molecule has 0 heterocycles. The van der Waals surface area contributed by atoms with Crippen LogP contribution in [0.1, 0.15) is 5.56 Å². The minimum atomic E-state index is -0.309. The molecule has 0 saturated carbocycles. The Morgan fingerprint density at radius 2 is 1.80 bits per heavy atom. The maximum absolute atomic E-state index is 12.8. The molecule has 0 fully saturated rings. The van der Waals surface area contributed by atoms with Crippen molar-refractivity contribution < 1.29 is 13.9 Å². The summed E-state index contributed by atoms with van der Waals surface area (Å²) >= 11 is 6.71. The van der Waals surface area contributed by atoms with Crippen molar-refractivity contribution in [3.05, 3.63) is 62.8 Å². The summed E-state index contributed by atoms with van der Waals surface area (Å²) in [6.07, 6.45) is 0.231. The van der Waals surface area contributed by atoms with Gasteiger partial charge in [-0.05, 0) is 51.8 Å². The van der Waals surface area contributed by atoms with E-state index in [0.29, 0.717) is 5.75 Å². The van der Waals surface area contributed by atoms with Crippen LogP contribution in [-0.4, -0.2) is 12.4 Å². The van der Waals surface area contributed by atoms with E-state index in [4.69, 9.17) is 4.74 Å². The molecule has 20 heavy (non-hydrogen) atoms. The largest absolute Gasteiger partial charge is 0.485 e. The van der Waals surface area contributed by atoms with Crippen LogP contribution in [0.4, 0.5) is 4.39 Å². The van der Waals surface area contributed by atoms with E-state index in [0.717, 1.165) is 14.5 Å². The number of Topliss-reactive ketones (excluding diaryl/α,β-unsaturated/α-hetero) is 1. The Bertz CT molecular complexity index is 612. The van der Waals surface area contributed by atoms with E-state index in [-0.39, 0.29) is 24.6 Å². The van der Waals surface area contributed by atoms with Crippen molar-refractivity contribution in [1.29, 1.82) is 0 Å². The molecule has 0 aromatic heterocycles. The zero-order chi connectivity index (χ0) is 14.5. The second-order valence-corrected chi connectivity index (χ2v) is 5.98. The molecule has 0 saturated heterocycles. The molecule has 0 aliphatic rings. The van der Waals surface area contributed by atoms with Crippen molar-refractivity contribution in [3.63, 3.8) is 0 Å². The minimum absolute atomic E-state index is 0.0163. The number of ketones is 1. The van der Waals surface area contributed by atoms with Crippen LogP contribution >= 0.6 is 31.9 Å². The standard InChI is InChI=1S/C15H11Br2FO2/c16-11-3-6-15(14(17)8-11)20-9-13(19)7-10-1-4-12(18)5-2-10/h1-6,8H,7,9H2. The molecular formula is C15H11Br2FO2. The molecule has 0 radical (unpaired) electrons. The Balaban J connectivity index is 1.90. The third kappa shape index (κ3) is 4.42. The highest BCUT2D eigenvalue weighted by Gasteiger charge is 2.07. The van der Waals surface area contributed by atoms with Crippen LogP contribution in [0.2, 0.25) is 0 Å². The van der Waals surface area contributed by atoms with Gasteiger partial charge in [0.2, 0.25) is 0 Å². The molecule has 0 aliphatic heterocycles. The summed E-state index contributed by atoms with van der Waals surface area (Å²) in [5, 5.41) is 0. The molecule has 2 rings (SSSR count). The summed E-state index contributed by atoms with van der Waals surface area (Å²) in [5.74, 6) is 0.239. The molecule has 0 N–H and O–H groups in total. The molecule has 0 amide bonds. The predicted octanol–water partition coefficient (Wildman–Crippen LogP) is 4.54. The Morgan fingerprint density at radius 1 is 1.10 bits per heavy atom. The smallest absolute Gasteiger partial charge is 0.174 e. The number of hydrogen-bond acceptors (Lipinski definition) is 2. The fourth-order valence-corrected chi connectivity index (χ4v) is 2.79. The van der Waals surface area contributed by atoms with Gasteiger partial charge in [-0.25, -0.2) is 4.39 Å². The van der Waals surface area contributed by atoms with E-state index in [1.54, 1.807) is 18.2 Å². The molecule has 0 aliphatic carbocycles. The Kier molecular flexibility index (Phi) is 5.31. The first-order valence-corrected chi connectivity index (χ1v) is 7.47. The van der Waals surface area contributed by atoms with Gasteiger partial charge in [0, 0.05) is 10.9 Å². The molecular weight excluding hydrogens is 391 g/mol. The van der Waals surface area contributed by atoms with Crippen LogP contribution in [0.25, 0.3) is 0 Å². The lowest BCUT2D eigenvalue weighted by Gasteiger charge is -2.08. The monoisotopic (exact) mass is 400 g/mol. The number of ether oxygens (including phenoxy) is 1. The van der Waals surface area contributed by atoms with Crippen molar-refractivity contribution >= 4 is 37.6 Å². The quantitative estimate of drug-likeness (QED) is 0.735. The lowest BCUT2D eigenvalue weighted by molar-refractivity contribution is -0.120. The second kappa shape index (κ2) is 6.99. The average molecular weight is 402 g/mol. The molecule has 2 nitrogen and oxygen atoms in total. The van der Waals surface area contributed by atoms with Crippen LogP contribution in [0.3, 0.4) is 0 Å². The second-order valence-electron chi connectivity index (χ2n) is 4.21. The van der Waals surface area contributed by atoms with Crippen LogP contribution in [-0.2, 0) is 11.2 Å². The lowest BCUT2D eigenvalue weighted by atomic mass is 10.1. The van der Waals surface area contributed by atoms with Gasteiger partial charge in [0.05, 0.1) is 4.47 Å². The van der Waals surface area contributed by atoms with Crippen molar-refractivity contribution in [3.8, 4) is 5.75 Å². The first-order valence-electron chi connectivity index (χ1n) is 5.88. The van der Waals surface area contributed by atoms with Gasteiger partial charge in [0.15, 0.2) is 5.78 Å². The van der Waals surface area contributed by atoms with Gasteiger partial charge in [0.1, 0.15) is 18.2 Å². The van der Waals surface area contributed by atoms with Crippen molar-refractivity contribution in [2.24, 2.45) is 0 Å². The van der Waals surface area contributed by atoms with Gasteiger partial charge in [-0.3, -0.25) is 4.79 Å². The number of carbonyl (C=O) groups is 1. The summed E-state index contributed by atoms with van der Waals surface area (Å²) in [6, 6.07) is 11.3. The predicted molar refractivity (Wildman–Crippen MR) is 82.4 cm³/mol. The minimum Gasteiger partial charge on any atom is -0.485 e. The fourth-order valence-electron chi connectivity index (χ4n) is 1.63. The lowest BCUT2D eigenvalue weighted by Crippen LogP contribution is -2.14. The molecule has 2 aromatic rings. The Hall–Kier alpha value is -1.20. The van der Waals surface area contributed by atoms with Gasteiger partial charge >= 0.3 is 0 Å². The van der Waals surface area contributed by atoms with E-state index in [1.165, 1.54) is 12.1 Å². The number of carbonyl (C=O) groups excluding carboxylic acids is 1. The van der Waals surface area contributed by atoms with Crippen molar-refractivity contribution in [2.45, 2.75) is 6.42 Å². The average Bonchev–Trinajstić information content (AvgIpc) is 2.40. The number of halogens is 3. The Morgan fingerprint density at radius 3 is 2.45 bits per heavy atom. The molecule has 0 atom stereocenters. The molecule has 104 valence electrons. The van der Waals surface area contributed by atoms with Crippen molar-refractivity contribution in [2.75, 3.05) is 6.61 Å². The van der Waals surface area contributed by atoms with Crippen molar-refractivity contribution in [1.82, 2.24) is 0 Å². The highest BCUT2D eigenvalue weighted by molar-refractivity contribution is 9.11. The highest BCUT2D eigenvalue weighted by atomic mass is 79.9. The summed E-state index contributed by atoms with van der Waals surface area (Å²) in [4.78, 5) is 11.8. The summed E-state index contributed by atoms with van der Waals surface area (Å²) in [6.45, 7) is -0.0163. The molecule has 5 heteroatoms. The van der Waals surface area contributed by atoms with Gasteiger partial charge < -0.3 is 4.74 Å². The maximum Gasteiger partial charge on any atom is 0.174 e. The van der Waals surface area contributed by atoms with Gasteiger partial charge in [-0.15, -0.1) is 0 Å². The summed E-state index contributed by atoms with van der Waals surface area (Å²) < 4.78 is 19.9. The van der Waals surface area contributed by atoms with Crippen LogP contribution in [0.15, 0.2) is 51.4 Å². The first-order chi connectivity index (χ1) is 9.54. The molecule has 2 aromatic carbocycles. The van der Waals surface area contributed by atoms with Crippen LogP contribution in [0.5, 0.6) is 5.75 Å². The number of hydrogen-bond donors (Lipinski definition) is 0. The van der Waals surface area contributed by atoms with Gasteiger partial charge in [-0.1, -0.05) is 28.1 Å². The molecule has 0 spiro atoms. The zero-order valence-electron chi connectivity index (χ0n) is 10.4. The topological polar surface area (TPSA) is 26.3 Å². The van der Waals surface area contributed by atoms with E-state index in [1.807, 2.05) is 12.1 Å². The van der Waals surface area contributed by atoms with E-state index in [2.05, 4.69) is 31.9 Å². The Labute approximate surface area is 133 Å². The maximum atomic E-state index is 12.8. The normalized spacial score (nSPS) is 10.3. The first kappa shape index (κ1) is 15.2. The summed E-state index contributed by atoms with van der Waals surface area (Å²) in [7, 11) is 0. The third-order valence-corrected chi connectivity index (χ3v) is 3.71. The van der Waals surface area contributed by atoms with E-state index >= 15 is 0 Å². The van der Waals surface area contributed by atoms with Crippen LogP contribution in [0, 0.1) is 5.82 Å².